The number of pyridine rings is 1. The zero-order valence-corrected chi connectivity index (χ0v) is 27.5. The summed E-state index contributed by atoms with van der Waals surface area (Å²) in [7, 11) is 4.83. The van der Waals surface area contributed by atoms with Gasteiger partial charge in [0.25, 0.3) is 5.91 Å². The van der Waals surface area contributed by atoms with Crippen molar-refractivity contribution in [3.63, 3.8) is 0 Å². The van der Waals surface area contributed by atoms with Crippen LogP contribution >= 0.6 is 11.6 Å². The van der Waals surface area contributed by atoms with Crippen molar-refractivity contribution in [1.29, 1.82) is 0 Å². The summed E-state index contributed by atoms with van der Waals surface area (Å²) in [5.41, 5.74) is 5.53. The second kappa shape index (κ2) is 11.6. The Hall–Kier alpha value is -4.48. The van der Waals surface area contributed by atoms with Crippen molar-refractivity contribution in [2.45, 2.75) is 44.2 Å². The minimum Gasteiger partial charge on any atom is -0.481 e. The van der Waals surface area contributed by atoms with Gasteiger partial charge in [0.2, 0.25) is 11.8 Å². The first-order valence-corrected chi connectivity index (χ1v) is 16.1. The number of fused-ring (bicyclic) bond motifs is 1. The SMILES string of the molecule is COc1nc(-c2ccc(F)c(-c3cccc(NC(=O)C4=CN(C)C(=O)N(C)C4)c3C)c2Cl)cc2c1[C@@H](N1CC3(CCC(=O)N3)C1)CC2. The van der Waals surface area contributed by atoms with Crippen molar-refractivity contribution in [3.05, 3.63) is 75.7 Å². The van der Waals surface area contributed by atoms with Gasteiger partial charge in [0.1, 0.15) is 5.82 Å². The Labute approximate surface area is 277 Å². The topological polar surface area (TPSA) is 107 Å². The fraction of sp³-hybridized carbons (Fsp3) is 0.371. The van der Waals surface area contributed by atoms with E-state index in [1.54, 1.807) is 52.4 Å². The number of aromatic nitrogens is 1. The monoisotopic (exact) mass is 658 g/mol. The molecule has 244 valence electrons. The van der Waals surface area contributed by atoms with Crippen molar-refractivity contribution >= 4 is 35.1 Å². The number of hydrogen-bond acceptors (Lipinski definition) is 6. The number of aryl methyl sites for hydroxylation is 1. The summed E-state index contributed by atoms with van der Waals surface area (Å²) in [4.78, 5) is 47.2. The second-order valence-corrected chi connectivity index (χ2v) is 13.4. The number of urea groups is 1. The van der Waals surface area contributed by atoms with E-state index in [2.05, 4.69) is 15.5 Å². The van der Waals surface area contributed by atoms with Crippen LogP contribution in [0.3, 0.4) is 0 Å². The average Bonchev–Trinajstić information content (AvgIpc) is 3.63. The maximum Gasteiger partial charge on any atom is 0.323 e. The molecular weight excluding hydrogens is 623 g/mol. The van der Waals surface area contributed by atoms with Crippen molar-refractivity contribution in [1.82, 2.24) is 25.0 Å². The van der Waals surface area contributed by atoms with Crippen LogP contribution in [-0.4, -0.2) is 83.9 Å². The average molecular weight is 659 g/mol. The third-order valence-corrected chi connectivity index (χ3v) is 10.3. The van der Waals surface area contributed by atoms with Gasteiger partial charge in [0, 0.05) is 68.2 Å². The number of hydrogen-bond donors (Lipinski definition) is 2. The van der Waals surface area contributed by atoms with E-state index in [1.165, 1.54) is 22.1 Å². The van der Waals surface area contributed by atoms with E-state index < -0.39 is 5.82 Å². The lowest BCUT2D eigenvalue weighted by Gasteiger charge is -2.50. The third kappa shape index (κ3) is 5.31. The molecule has 3 aromatic rings. The minimum atomic E-state index is -0.499. The molecule has 1 atom stereocenters. The van der Waals surface area contributed by atoms with Gasteiger partial charge in [-0.25, -0.2) is 14.2 Å². The van der Waals surface area contributed by atoms with Crippen molar-refractivity contribution in [2.24, 2.45) is 0 Å². The number of nitrogens with zero attached hydrogens (tertiary/aromatic N) is 4. The molecule has 4 heterocycles. The smallest absolute Gasteiger partial charge is 0.323 e. The van der Waals surface area contributed by atoms with Crippen LogP contribution in [0.15, 0.2) is 48.2 Å². The summed E-state index contributed by atoms with van der Waals surface area (Å²) >= 11 is 7.02. The molecule has 47 heavy (non-hydrogen) atoms. The molecular formula is C35H36ClFN6O4. The lowest BCUT2D eigenvalue weighted by Crippen LogP contribution is -2.67. The van der Waals surface area contributed by atoms with E-state index in [-0.39, 0.29) is 46.6 Å². The molecule has 1 spiro atoms. The zero-order chi connectivity index (χ0) is 33.2. The van der Waals surface area contributed by atoms with Crippen LogP contribution in [0.5, 0.6) is 5.88 Å². The van der Waals surface area contributed by atoms with Crippen LogP contribution in [0, 0.1) is 12.7 Å². The van der Waals surface area contributed by atoms with Crippen molar-refractivity contribution in [2.75, 3.05) is 46.2 Å². The number of carbonyl (C=O) groups excluding carboxylic acids is 3. The molecule has 2 fully saturated rings. The van der Waals surface area contributed by atoms with Gasteiger partial charge < -0.3 is 25.2 Å². The van der Waals surface area contributed by atoms with Gasteiger partial charge in [-0.1, -0.05) is 23.7 Å². The fourth-order valence-corrected chi connectivity index (χ4v) is 7.85. The molecule has 1 aromatic heterocycles. The normalized spacial score (nSPS) is 20.2. The van der Waals surface area contributed by atoms with Gasteiger partial charge in [-0.15, -0.1) is 0 Å². The Morgan fingerprint density at radius 2 is 1.94 bits per heavy atom. The Kier molecular flexibility index (Phi) is 7.71. The predicted octanol–water partition coefficient (Wildman–Crippen LogP) is 5.30. The first-order chi connectivity index (χ1) is 22.5. The maximum atomic E-state index is 15.6. The number of carbonyl (C=O) groups is 3. The summed E-state index contributed by atoms with van der Waals surface area (Å²) < 4.78 is 21.4. The van der Waals surface area contributed by atoms with Crippen molar-refractivity contribution in [3.8, 4) is 28.3 Å². The van der Waals surface area contributed by atoms with Crippen molar-refractivity contribution < 1.29 is 23.5 Å². The molecule has 0 radical (unpaired) electrons. The molecule has 2 N–H and O–H groups in total. The highest BCUT2D eigenvalue weighted by Crippen LogP contribution is 2.48. The number of benzene rings is 2. The number of nitrogens with one attached hydrogen (secondary N) is 2. The van der Waals surface area contributed by atoms with E-state index in [4.69, 9.17) is 21.3 Å². The lowest BCUT2D eigenvalue weighted by atomic mass is 9.86. The van der Waals surface area contributed by atoms with E-state index in [0.717, 1.165) is 43.5 Å². The molecule has 0 saturated carbocycles. The Balaban J connectivity index is 1.18. The van der Waals surface area contributed by atoms with Gasteiger partial charge in [-0.05, 0) is 67.1 Å². The first kappa shape index (κ1) is 31.1. The number of ether oxygens (including phenoxy) is 1. The Morgan fingerprint density at radius 1 is 1.15 bits per heavy atom. The van der Waals surface area contributed by atoms with Crippen LogP contribution in [0.4, 0.5) is 14.9 Å². The quantitative estimate of drug-likeness (QED) is 0.373. The molecule has 2 saturated heterocycles. The molecule has 0 bridgehead atoms. The summed E-state index contributed by atoms with van der Waals surface area (Å²) in [5.74, 6) is -0.208. The predicted molar refractivity (Wildman–Crippen MR) is 177 cm³/mol. The first-order valence-electron chi connectivity index (χ1n) is 15.7. The standard InChI is InChI=1S/C35H36ClFN6O4/c1-19-22(6-5-7-25(19)38-32(45)21-15-41(2)34(46)42(3)16-21)30-24(37)10-9-23(31(30)36)26-14-20-8-11-27(29(20)33(39-26)47-4)43-17-35(18-43)13-12-28(44)40-35/h5-7,9-10,14-15,27H,8,11-13,16-18H2,1-4H3,(H,38,45)(H,40,44)/t27-/m0/s1. The van der Waals surface area contributed by atoms with Gasteiger partial charge in [0.05, 0.1) is 35.5 Å². The highest BCUT2D eigenvalue weighted by atomic mass is 35.5. The number of anilines is 1. The number of likely N-dealkylation sites (N-methyl/N-ethyl adjacent to an activating group) is 1. The van der Waals surface area contributed by atoms with E-state index in [1.807, 2.05) is 6.07 Å². The molecule has 4 amide bonds. The highest BCUT2D eigenvalue weighted by molar-refractivity contribution is 6.36. The molecule has 10 nitrogen and oxygen atoms in total. The second-order valence-electron chi connectivity index (χ2n) is 13.0. The molecule has 2 aromatic carbocycles. The van der Waals surface area contributed by atoms with Gasteiger partial charge in [-0.2, -0.15) is 0 Å². The molecule has 1 aliphatic carbocycles. The molecule has 0 unspecified atom stereocenters. The van der Waals surface area contributed by atoms with Crippen LogP contribution in [0.25, 0.3) is 22.4 Å². The van der Waals surface area contributed by atoms with Gasteiger partial charge in [0.15, 0.2) is 0 Å². The van der Waals surface area contributed by atoms with Crippen LogP contribution < -0.4 is 15.4 Å². The lowest BCUT2D eigenvalue weighted by molar-refractivity contribution is -0.121. The summed E-state index contributed by atoms with van der Waals surface area (Å²) in [6.07, 6.45) is 4.72. The Bertz CT molecular complexity index is 1870. The number of halogens is 2. The number of likely N-dealkylation sites (tertiary alicyclic amines) is 1. The number of methoxy groups -OCH3 is 1. The van der Waals surface area contributed by atoms with Crippen LogP contribution in [0.1, 0.15) is 42.0 Å². The van der Waals surface area contributed by atoms with Gasteiger partial charge >= 0.3 is 6.03 Å². The maximum absolute atomic E-state index is 15.6. The van der Waals surface area contributed by atoms with Crippen LogP contribution in [-0.2, 0) is 16.0 Å². The zero-order valence-electron chi connectivity index (χ0n) is 26.7. The molecule has 4 aliphatic rings. The van der Waals surface area contributed by atoms with E-state index in [9.17, 15) is 14.4 Å². The van der Waals surface area contributed by atoms with Gasteiger partial charge in [-0.3, -0.25) is 14.5 Å². The van der Waals surface area contributed by atoms with E-state index in [0.29, 0.717) is 45.9 Å². The number of rotatable bonds is 6. The molecule has 3 aliphatic heterocycles. The summed E-state index contributed by atoms with van der Waals surface area (Å²) in [6, 6.07) is 10.2. The minimum absolute atomic E-state index is 0.113. The Morgan fingerprint density at radius 3 is 2.64 bits per heavy atom. The molecule has 7 rings (SSSR count). The highest BCUT2D eigenvalue weighted by Gasteiger charge is 2.51. The third-order valence-electron chi connectivity index (χ3n) is 9.91. The largest absolute Gasteiger partial charge is 0.481 e. The van der Waals surface area contributed by atoms with E-state index >= 15 is 4.39 Å². The molecule has 12 heteroatoms. The summed E-state index contributed by atoms with van der Waals surface area (Å²) in [5, 5.41) is 6.29. The van der Waals surface area contributed by atoms with Crippen LogP contribution in [0.2, 0.25) is 5.02 Å². The number of amides is 4. The fourth-order valence-electron chi connectivity index (χ4n) is 7.50. The summed E-state index contributed by atoms with van der Waals surface area (Å²) in [6.45, 7) is 3.60.